The number of benzene rings is 2. The SMILES string of the molecule is FC(F)(F)Oc1ccc(-c2nc(CNCCOc3ccccc3)co2)cc1. The van der Waals surface area contributed by atoms with E-state index in [-0.39, 0.29) is 5.75 Å². The first kappa shape index (κ1) is 18.8. The number of alkyl halides is 3. The topological polar surface area (TPSA) is 56.5 Å². The van der Waals surface area contributed by atoms with Crippen molar-refractivity contribution in [2.75, 3.05) is 13.2 Å². The molecule has 0 saturated heterocycles. The van der Waals surface area contributed by atoms with Gasteiger partial charge in [-0.1, -0.05) is 18.2 Å². The van der Waals surface area contributed by atoms with Crippen molar-refractivity contribution in [3.05, 3.63) is 66.6 Å². The van der Waals surface area contributed by atoms with Crippen LogP contribution in [-0.2, 0) is 6.54 Å². The Morgan fingerprint density at radius 3 is 2.41 bits per heavy atom. The quantitative estimate of drug-likeness (QED) is 0.589. The highest BCUT2D eigenvalue weighted by molar-refractivity contribution is 5.54. The molecule has 3 rings (SSSR count). The standard InChI is InChI=1S/C19H17F3N2O3/c20-19(21,22)27-17-8-6-14(7-9-17)18-24-15(13-26-18)12-23-10-11-25-16-4-2-1-3-5-16/h1-9,13,23H,10-12H2. The van der Waals surface area contributed by atoms with Crippen molar-refractivity contribution >= 4 is 0 Å². The molecular formula is C19H17F3N2O3. The molecule has 0 saturated carbocycles. The Labute approximate surface area is 153 Å². The van der Waals surface area contributed by atoms with Crippen molar-refractivity contribution in [1.29, 1.82) is 0 Å². The van der Waals surface area contributed by atoms with Gasteiger partial charge in [-0.2, -0.15) is 0 Å². The van der Waals surface area contributed by atoms with Crippen molar-refractivity contribution < 1.29 is 27.1 Å². The van der Waals surface area contributed by atoms with Crippen LogP contribution in [0.1, 0.15) is 5.69 Å². The fourth-order valence-electron chi connectivity index (χ4n) is 2.29. The smallest absolute Gasteiger partial charge is 0.492 e. The number of hydrogen-bond acceptors (Lipinski definition) is 5. The summed E-state index contributed by atoms with van der Waals surface area (Å²) in [6.07, 6.45) is -3.21. The molecule has 0 bridgehead atoms. The highest BCUT2D eigenvalue weighted by Gasteiger charge is 2.31. The minimum absolute atomic E-state index is 0.293. The molecule has 0 fully saturated rings. The fraction of sp³-hybridized carbons (Fsp3) is 0.211. The first-order valence-corrected chi connectivity index (χ1v) is 8.19. The Morgan fingerprint density at radius 2 is 1.70 bits per heavy atom. The molecule has 0 aliphatic carbocycles. The second kappa shape index (κ2) is 8.59. The van der Waals surface area contributed by atoms with Gasteiger partial charge in [-0.25, -0.2) is 4.98 Å². The number of hydrogen-bond donors (Lipinski definition) is 1. The molecule has 8 heteroatoms. The van der Waals surface area contributed by atoms with E-state index in [2.05, 4.69) is 15.0 Å². The highest BCUT2D eigenvalue weighted by atomic mass is 19.4. The lowest BCUT2D eigenvalue weighted by Crippen LogP contribution is -2.20. The van der Waals surface area contributed by atoms with E-state index in [1.54, 1.807) is 0 Å². The van der Waals surface area contributed by atoms with Crippen molar-refractivity contribution in [1.82, 2.24) is 10.3 Å². The third kappa shape index (κ3) is 6.03. The number of rotatable bonds is 8. The molecular weight excluding hydrogens is 361 g/mol. The lowest BCUT2D eigenvalue weighted by atomic mass is 10.2. The summed E-state index contributed by atoms with van der Waals surface area (Å²) in [6.45, 7) is 1.62. The van der Waals surface area contributed by atoms with Crippen LogP contribution in [0.3, 0.4) is 0 Å². The summed E-state index contributed by atoms with van der Waals surface area (Å²) in [5.74, 6) is 0.838. The van der Waals surface area contributed by atoms with Crippen LogP contribution in [0, 0.1) is 0 Å². The minimum Gasteiger partial charge on any atom is -0.492 e. The summed E-state index contributed by atoms with van der Waals surface area (Å²) in [5.41, 5.74) is 1.24. The molecule has 3 aromatic rings. The van der Waals surface area contributed by atoms with Crippen LogP contribution < -0.4 is 14.8 Å². The van der Waals surface area contributed by atoms with Gasteiger partial charge >= 0.3 is 6.36 Å². The molecule has 0 spiro atoms. The van der Waals surface area contributed by atoms with Crippen LogP contribution in [0.15, 0.2) is 65.3 Å². The maximum absolute atomic E-state index is 12.2. The van der Waals surface area contributed by atoms with Gasteiger partial charge in [0.05, 0.1) is 5.69 Å². The van der Waals surface area contributed by atoms with Gasteiger partial charge in [-0.3, -0.25) is 0 Å². The minimum atomic E-state index is -4.71. The van der Waals surface area contributed by atoms with E-state index in [0.717, 1.165) is 5.75 Å². The van der Waals surface area contributed by atoms with Crippen LogP contribution >= 0.6 is 0 Å². The lowest BCUT2D eigenvalue weighted by Gasteiger charge is -2.08. The predicted octanol–water partition coefficient (Wildman–Crippen LogP) is 4.41. The second-order valence-electron chi connectivity index (χ2n) is 5.55. The van der Waals surface area contributed by atoms with E-state index in [9.17, 15) is 13.2 Å². The Balaban J connectivity index is 1.45. The van der Waals surface area contributed by atoms with Crippen molar-refractivity contribution in [2.45, 2.75) is 12.9 Å². The van der Waals surface area contributed by atoms with Crippen LogP contribution in [-0.4, -0.2) is 24.5 Å². The van der Waals surface area contributed by atoms with E-state index in [1.807, 2.05) is 30.3 Å². The maximum atomic E-state index is 12.2. The Morgan fingerprint density at radius 1 is 0.963 bits per heavy atom. The number of ether oxygens (including phenoxy) is 2. The van der Waals surface area contributed by atoms with E-state index < -0.39 is 6.36 Å². The number of oxazole rings is 1. The first-order chi connectivity index (χ1) is 13.0. The van der Waals surface area contributed by atoms with Crippen LogP contribution in [0.2, 0.25) is 0 Å². The summed E-state index contributed by atoms with van der Waals surface area (Å²) < 4.78 is 51.3. The van der Waals surface area contributed by atoms with Gasteiger partial charge in [0.15, 0.2) is 0 Å². The first-order valence-electron chi connectivity index (χ1n) is 8.19. The van der Waals surface area contributed by atoms with Gasteiger partial charge in [0, 0.05) is 18.7 Å². The van der Waals surface area contributed by atoms with Crippen molar-refractivity contribution in [2.24, 2.45) is 0 Å². The number of para-hydroxylation sites is 1. The maximum Gasteiger partial charge on any atom is 0.573 e. The molecule has 0 radical (unpaired) electrons. The summed E-state index contributed by atoms with van der Waals surface area (Å²) in [6, 6.07) is 14.8. The molecule has 0 amide bonds. The van der Waals surface area contributed by atoms with E-state index in [1.165, 1.54) is 30.5 Å². The molecule has 0 aliphatic rings. The van der Waals surface area contributed by atoms with Crippen molar-refractivity contribution in [3.63, 3.8) is 0 Å². The van der Waals surface area contributed by atoms with E-state index in [0.29, 0.717) is 36.8 Å². The number of nitrogens with one attached hydrogen (secondary N) is 1. The van der Waals surface area contributed by atoms with Crippen molar-refractivity contribution in [3.8, 4) is 23.0 Å². The molecule has 1 heterocycles. The van der Waals surface area contributed by atoms with Gasteiger partial charge in [0.2, 0.25) is 5.89 Å². The second-order valence-corrected chi connectivity index (χ2v) is 5.55. The summed E-state index contributed by atoms with van der Waals surface area (Å²) in [7, 11) is 0. The average Bonchev–Trinajstić information content (AvgIpc) is 3.10. The largest absolute Gasteiger partial charge is 0.573 e. The molecule has 0 unspecified atom stereocenters. The van der Waals surface area contributed by atoms with Gasteiger partial charge in [0.1, 0.15) is 24.4 Å². The molecule has 1 N–H and O–H groups in total. The number of nitrogens with zero attached hydrogens (tertiary/aromatic N) is 1. The molecule has 5 nitrogen and oxygen atoms in total. The number of halogens is 3. The molecule has 2 aromatic carbocycles. The number of aromatic nitrogens is 1. The zero-order valence-corrected chi connectivity index (χ0v) is 14.2. The summed E-state index contributed by atoms with van der Waals surface area (Å²) in [5, 5.41) is 3.18. The van der Waals surface area contributed by atoms with Gasteiger partial charge < -0.3 is 19.2 Å². The Bertz CT molecular complexity index is 833. The molecule has 142 valence electrons. The summed E-state index contributed by atoms with van der Waals surface area (Å²) in [4.78, 5) is 4.31. The lowest BCUT2D eigenvalue weighted by molar-refractivity contribution is -0.274. The Kier molecular flexibility index (Phi) is 5.97. The average molecular weight is 378 g/mol. The monoisotopic (exact) mass is 378 g/mol. The highest BCUT2D eigenvalue weighted by Crippen LogP contribution is 2.26. The van der Waals surface area contributed by atoms with Crippen LogP contribution in [0.5, 0.6) is 11.5 Å². The third-order valence-electron chi connectivity index (χ3n) is 3.48. The Hall–Kier alpha value is -3.00. The predicted molar refractivity (Wildman–Crippen MR) is 92.3 cm³/mol. The fourth-order valence-corrected chi connectivity index (χ4v) is 2.29. The van der Waals surface area contributed by atoms with Crippen LogP contribution in [0.4, 0.5) is 13.2 Å². The molecule has 0 aliphatic heterocycles. The van der Waals surface area contributed by atoms with Gasteiger partial charge in [0.25, 0.3) is 0 Å². The van der Waals surface area contributed by atoms with Crippen LogP contribution in [0.25, 0.3) is 11.5 Å². The normalized spacial score (nSPS) is 11.4. The zero-order chi connectivity index (χ0) is 19.1. The van der Waals surface area contributed by atoms with E-state index >= 15 is 0 Å². The van der Waals surface area contributed by atoms with Gasteiger partial charge in [-0.05, 0) is 36.4 Å². The molecule has 1 aromatic heterocycles. The van der Waals surface area contributed by atoms with Gasteiger partial charge in [-0.15, -0.1) is 13.2 Å². The zero-order valence-electron chi connectivity index (χ0n) is 14.2. The third-order valence-corrected chi connectivity index (χ3v) is 3.48. The van der Waals surface area contributed by atoms with E-state index in [4.69, 9.17) is 9.15 Å². The molecule has 0 atom stereocenters. The summed E-state index contributed by atoms with van der Waals surface area (Å²) >= 11 is 0. The molecule has 27 heavy (non-hydrogen) atoms.